The number of carbonyl (C=O) groups excluding carboxylic acids is 1. The highest BCUT2D eigenvalue weighted by Gasteiger charge is 2.21. The van der Waals surface area contributed by atoms with E-state index in [9.17, 15) is 4.79 Å². The van der Waals surface area contributed by atoms with Crippen LogP contribution in [-0.2, 0) is 4.74 Å². The summed E-state index contributed by atoms with van der Waals surface area (Å²) in [6.45, 7) is 8.08. The molecule has 1 amide bonds. The van der Waals surface area contributed by atoms with E-state index in [1.807, 2.05) is 6.07 Å². The number of H-pyrrole nitrogens is 1. The van der Waals surface area contributed by atoms with E-state index in [0.717, 1.165) is 39.0 Å². The molecule has 0 bridgehead atoms. The monoisotopic (exact) mass is 279 g/mol. The maximum absolute atomic E-state index is 11.7. The molecule has 1 aliphatic rings. The summed E-state index contributed by atoms with van der Waals surface area (Å²) in [6, 6.07) is 3.61. The van der Waals surface area contributed by atoms with Gasteiger partial charge < -0.3 is 15.0 Å². The predicted octanol–water partition coefficient (Wildman–Crippen LogP) is 1.63. The number of hydrogen-bond acceptors (Lipinski definition) is 3. The number of hydrogen-bond donors (Lipinski definition) is 2. The van der Waals surface area contributed by atoms with Crippen LogP contribution in [0.5, 0.6) is 0 Å². The second-order valence-electron chi connectivity index (χ2n) is 5.56. The van der Waals surface area contributed by atoms with Crippen molar-refractivity contribution < 1.29 is 9.53 Å². The molecule has 2 heterocycles. The summed E-state index contributed by atoms with van der Waals surface area (Å²) in [7, 11) is 0. The minimum Gasteiger partial charge on any atom is -0.373 e. The molecule has 2 N–H and O–H groups in total. The molecule has 0 aliphatic carbocycles. The third-order valence-corrected chi connectivity index (χ3v) is 3.52. The Morgan fingerprint density at radius 1 is 1.40 bits per heavy atom. The molecule has 0 aromatic carbocycles. The number of unbranched alkanes of at least 4 members (excludes halogenated alkanes) is 1. The molecule has 1 aliphatic heterocycles. The van der Waals surface area contributed by atoms with Crippen molar-refractivity contribution in [1.29, 1.82) is 0 Å². The van der Waals surface area contributed by atoms with E-state index < -0.39 is 0 Å². The average molecular weight is 279 g/mol. The Morgan fingerprint density at radius 3 is 2.80 bits per heavy atom. The van der Waals surface area contributed by atoms with Crippen LogP contribution in [0.15, 0.2) is 18.3 Å². The Bertz CT molecular complexity index is 395. The maximum atomic E-state index is 11.7. The van der Waals surface area contributed by atoms with Crippen LogP contribution >= 0.6 is 0 Å². The first-order valence-electron chi connectivity index (χ1n) is 7.44. The van der Waals surface area contributed by atoms with Gasteiger partial charge >= 0.3 is 0 Å². The molecular formula is C15H25N3O2. The first-order chi connectivity index (χ1) is 9.65. The largest absolute Gasteiger partial charge is 0.373 e. The number of aromatic nitrogens is 1. The summed E-state index contributed by atoms with van der Waals surface area (Å²) in [5.41, 5.74) is 0.626. The van der Waals surface area contributed by atoms with Crippen molar-refractivity contribution in [2.45, 2.75) is 38.9 Å². The molecule has 0 spiro atoms. The van der Waals surface area contributed by atoms with Crippen LogP contribution in [-0.4, -0.2) is 54.2 Å². The molecule has 20 heavy (non-hydrogen) atoms. The lowest BCUT2D eigenvalue weighted by atomic mass is 10.2. The minimum absolute atomic E-state index is 0.0244. The molecule has 1 aromatic heterocycles. The molecule has 1 fully saturated rings. The van der Waals surface area contributed by atoms with Crippen molar-refractivity contribution >= 4 is 5.91 Å². The molecule has 0 radical (unpaired) electrons. The third-order valence-electron chi connectivity index (χ3n) is 3.52. The van der Waals surface area contributed by atoms with Gasteiger partial charge in [0.15, 0.2) is 0 Å². The van der Waals surface area contributed by atoms with Gasteiger partial charge in [0.2, 0.25) is 0 Å². The Hall–Kier alpha value is -1.33. The van der Waals surface area contributed by atoms with Gasteiger partial charge in [0.05, 0.1) is 12.2 Å². The molecule has 1 aromatic rings. The highest BCUT2D eigenvalue weighted by Crippen LogP contribution is 2.11. The fourth-order valence-electron chi connectivity index (χ4n) is 2.70. The van der Waals surface area contributed by atoms with Gasteiger partial charge in [0, 0.05) is 25.8 Å². The lowest BCUT2D eigenvalue weighted by molar-refractivity contribution is -0.0681. The zero-order valence-corrected chi connectivity index (χ0v) is 12.4. The van der Waals surface area contributed by atoms with Crippen LogP contribution < -0.4 is 5.32 Å². The number of nitrogens with zero attached hydrogens (tertiary/aromatic N) is 1. The Labute approximate surface area is 120 Å². The van der Waals surface area contributed by atoms with Crippen molar-refractivity contribution in [1.82, 2.24) is 15.2 Å². The standard InChI is InChI=1S/C15H25N3O2/c1-12-10-18(11-13(2)20-12)9-4-3-7-17-15(19)14-6-5-8-16-14/h5-6,8,12-13,16H,3-4,7,9-11H2,1-2H3,(H,17,19). The summed E-state index contributed by atoms with van der Waals surface area (Å²) >= 11 is 0. The summed E-state index contributed by atoms with van der Waals surface area (Å²) in [5.74, 6) is -0.0244. The maximum Gasteiger partial charge on any atom is 0.267 e. The minimum atomic E-state index is -0.0244. The lowest BCUT2D eigenvalue weighted by Crippen LogP contribution is -2.45. The van der Waals surface area contributed by atoms with Crippen LogP contribution in [0.1, 0.15) is 37.2 Å². The number of nitrogens with one attached hydrogen (secondary N) is 2. The molecule has 1 saturated heterocycles. The SMILES string of the molecule is CC1CN(CCCCNC(=O)c2ccc[nH]2)CC(C)O1. The molecule has 5 nitrogen and oxygen atoms in total. The first-order valence-corrected chi connectivity index (χ1v) is 7.44. The number of aromatic amines is 1. The molecular weight excluding hydrogens is 254 g/mol. The Kier molecular flexibility index (Phi) is 5.61. The van der Waals surface area contributed by atoms with E-state index in [0.29, 0.717) is 17.9 Å². The van der Waals surface area contributed by atoms with E-state index in [1.165, 1.54) is 0 Å². The third kappa shape index (κ3) is 4.65. The molecule has 0 saturated carbocycles. The fraction of sp³-hybridized carbons (Fsp3) is 0.667. The van der Waals surface area contributed by atoms with Gasteiger partial charge in [-0.1, -0.05) is 0 Å². The van der Waals surface area contributed by atoms with Crippen LogP contribution in [0.25, 0.3) is 0 Å². The average Bonchev–Trinajstić information content (AvgIpc) is 2.90. The van der Waals surface area contributed by atoms with Crippen molar-refractivity contribution in [2.24, 2.45) is 0 Å². The smallest absolute Gasteiger partial charge is 0.267 e. The topological polar surface area (TPSA) is 57.4 Å². The second-order valence-corrected chi connectivity index (χ2v) is 5.56. The van der Waals surface area contributed by atoms with E-state index in [1.54, 1.807) is 12.3 Å². The van der Waals surface area contributed by atoms with Crippen molar-refractivity contribution in [3.05, 3.63) is 24.0 Å². The zero-order chi connectivity index (χ0) is 14.4. The van der Waals surface area contributed by atoms with Gasteiger partial charge in [-0.2, -0.15) is 0 Å². The number of morpholine rings is 1. The molecule has 5 heteroatoms. The highest BCUT2D eigenvalue weighted by molar-refractivity contribution is 5.92. The highest BCUT2D eigenvalue weighted by atomic mass is 16.5. The van der Waals surface area contributed by atoms with Crippen LogP contribution in [0.4, 0.5) is 0 Å². The van der Waals surface area contributed by atoms with E-state index in [-0.39, 0.29) is 5.91 Å². The summed E-state index contributed by atoms with van der Waals surface area (Å²) in [4.78, 5) is 17.0. The van der Waals surface area contributed by atoms with Gasteiger partial charge in [0.1, 0.15) is 5.69 Å². The van der Waals surface area contributed by atoms with Crippen LogP contribution in [0, 0.1) is 0 Å². The summed E-state index contributed by atoms with van der Waals surface area (Å²) < 4.78 is 5.71. The molecule has 2 rings (SSSR count). The Balaban J connectivity index is 1.56. The van der Waals surface area contributed by atoms with Crippen molar-refractivity contribution in [3.8, 4) is 0 Å². The molecule has 2 unspecified atom stereocenters. The summed E-state index contributed by atoms with van der Waals surface area (Å²) in [5, 5.41) is 2.93. The van der Waals surface area contributed by atoms with E-state index in [4.69, 9.17) is 4.74 Å². The number of carbonyl (C=O) groups is 1. The van der Waals surface area contributed by atoms with Gasteiger partial charge in [-0.3, -0.25) is 9.69 Å². The van der Waals surface area contributed by atoms with Crippen LogP contribution in [0.2, 0.25) is 0 Å². The predicted molar refractivity (Wildman–Crippen MR) is 78.8 cm³/mol. The fourth-order valence-corrected chi connectivity index (χ4v) is 2.70. The first kappa shape index (κ1) is 15.1. The van der Waals surface area contributed by atoms with Gasteiger partial charge in [0.25, 0.3) is 5.91 Å². The van der Waals surface area contributed by atoms with Crippen molar-refractivity contribution in [2.75, 3.05) is 26.2 Å². The van der Waals surface area contributed by atoms with E-state index >= 15 is 0 Å². The number of rotatable bonds is 6. The van der Waals surface area contributed by atoms with Crippen LogP contribution in [0.3, 0.4) is 0 Å². The van der Waals surface area contributed by atoms with Gasteiger partial charge in [-0.05, 0) is 45.4 Å². The Morgan fingerprint density at radius 2 is 2.15 bits per heavy atom. The van der Waals surface area contributed by atoms with Crippen molar-refractivity contribution in [3.63, 3.8) is 0 Å². The van der Waals surface area contributed by atoms with E-state index in [2.05, 4.69) is 29.0 Å². The second kappa shape index (κ2) is 7.45. The van der Waals surface area contributed by atoms with Gasteiger partial charge in [-0.15, -0.1) is 0 Å². The van der Waals surface area contributed by atoms with Gasteiger partial charge in [-0.25, -0.2) is 0 Å². The molecule has 2 atom stereocenters. The number of ether oxygens (including phenoxy) is 1. The normalized spacial score (nSPS) is 23.7. The lowest BCUT2D eigenvalue weighted by Gasteiger charge is -2.35. The molecule has 112 valence electrons. The number of amides is 1. The quantitative estimate of drug-likeness (QED) is 0.778. The summed E-state index contributed by atoms with van der Waals surface area (Å²) in [6.07, 6.45) is 4.52. The zero-order valence-electron chi connectivity index (χ0n) is 12.4.